The Hall–Kier alpha value is -1.85. The third-order valence-electron chi connectivity index (χ3n) is 3.20. The summed E-state index contributed by atoms with van der Waals surface area (Å²) in [7, 11) is 0. The lowest BCUT2D eigenvalue weighted by atomic mass is 9.88. The van der Waals surface area contributed by atoms with E-state index in [1.807, 2.05) is 6.92 Å². The zero-order chi connectivity index (χ0) is 13.8. The van der Waals surface area contributed by atoms with Crippen LogP contribution in [0, 0.1) is 5.41 Å². The molecule has 1 unspecified atom stereocenters. The third-order valence-corrected chi connectivity index (χ3v) is 3.20. The summed E-state index contributed by atoms with van der Waals surface area (Å²) in [6.45, 7) is 6.04. The Balaban J connectivity index is 2.87. The third kappa shape index (κ3) is 2.88. The number of hydrogen-bond donors (Lipinski definition) is 2. The van der Waals surface area contributed by atoms with Crippen LogP contribution in [0.4, 0.5) is 5.82 Å². The Morgan fingerprint density at radius 2 is 2.22 bits per heavy atom. The molecule has 1 aromatic heterocycles. The molecule has 6 nitrogen and oxygen atoms in total. The SMILES string of the molecule is CCn1ccnc(NCC(C)(CC)C(=O)O)c1=O. The van der Waals surface area contributed by atoms with Crippen molar-refractivity contribution >= 4 is 11.8 Å². The van der Waals surface area contributed by atoms with Crippen molar-refractivity contribution in [3.63, 3.8) is 0 Å². The van der Waals surface area contributed by atoms with Gasteiger partial charge in [0, 0.05) is 25.5 Å². The summed E-state index contributed by atoms with van der Waals surface area (Å²) in [5.74, 6) is -0.690. The van der Waals surface area contributed by atoms with Crippen molar-refractivity contribution < 1.29 is 9.90 Å². The number of carboxylic acid groups (broad SMARTS) is 1. The summed E-state index contributed by atoms with van der Waals surface area (Å²) >= 11 is 0. The minimum Gasteiger partial charge on any atom is -0.481 e. The van der Waals surface area contributed by atoms with Gasteiger partial charge in [-0.1, -0.05) is 6.92 Å². The number of rotatable bonds is 6. The number of aliphatic carboxylic acids is 1. The molecule has 0 fully saturated rings. The second kappa shape index (κ2) is 5.66. The molecule has 6 heteroatoms. The van der Waals surface area contributed by atoms with Gasteiger partial charge in [-0.25, -0.2) is 4.98 Å². The van der Waals surface area contributed by atoms with Crippen LogP contribution >= 0.6 is 0 Å². The normalized spacial score (nSPS) is 13.9. The number of nitrogens with one attached hydrogen (secondary N) is 1. The zero-order valence-corrected chi connectivity index (χ0v) is 10.9. The van der Waals surface area contributed by atoms with Crippen molar-refractivity contribution in [2.75, 3.05) is 11.9 Å². The molecule has 100 valence electrons. The van der Waals surface area contributed by atoms with Crippen molar-refractivity contribution in [1.29, 1.82) is 0 Å². The highest BCUT2D eigenvalue weighted by molar-refractivity contribution is 5.74. The first-order chi connectivity index (χ1) is 8.44. The number of carbonyl (C=O) groups is 1. The topological polar surface area (TPSA) is 84.2 Å². The second-order valence-corrected chi connectivity index (χ2v) is 4.44. The van der Waals surface area contributed by atoms with Crippen molar-refractivity contribution in [2.24, 2.45) is 5.41 Å². The fourth-order valence-corrected chi connectivity index (χ4v) is 1.45. The van der Waals surface area contributed by atoms with E-state index in [2.05, 4.69) is 10.3 Å². The summed E-state index contributed by atoms with van der Waals surface area (Å²) in [6.07, 6.45) is 3.60. The van der Waals surface area contributed by atoms with Crippen LogP contribution in [-0.2, 0) is 11.3 Å². The summed E-state index contributed by atoms with van der Waals surface area (Å²) in [5, 5.41) is 12.0. The molecule has 1 atom stereocenters. The lowest BCUT2D eigenvalue weighted by Crippen LogP contribution is -2.36. The highest BCUT2D eigenvalue weighted by Gasteiger charge is 2.31. The van der Waals surface area contributed by atoms with Gasteiger partial charge < -0.3 is 15.0 Å². The monoisotopic (exact) mass is 253 g/mol. The number of nitrogens with zero attached hydrogens (tertiary/aromatic N) is 2. The largest absolute Gasteiger partial charge is 0.481 e. The van der Waals surface area contributed by atoms with Crippen LogP contribution < -0.4 is 10.9 Å². The van der Waals surface area contributed by atoms with Gasteiger partial charge in [0.2, 0.25) is 0 Å². The Bertz CT molecular complexity index is 484. The molecule has 0 saturated carbocycles. The Morgan fingerprint density at radius 1 is 1.56 bits per heavy atom. The molecule has 0 aliphatic heterocycles. The van der Waals surface area contributed by atoms with Gasteiger partial charge in [-0.05, 0) is 20.3 Å². The summed E-state index contributed by atoms with van der Waals surface area (Å²) in [5.41, 5.74) is -1.13. The van der Waals surface area contributed by atoms with Gasteiger partial charge in [-0.3, -0.25) is 9.59 Å². The van der Waals surface area contributed by atoms with Gasteiger partial charge >= 0.3 is 5.97 Å². The lowest BCUT2D eigenvalue weighted by molar-refractivity contribution is -0.147. The quantitative estimate of drug-likeness (QED) is 0.795. The predicted octanol–water partition coefficient (Wildman–Crippen LogP) is 1.18. The van der Waals surface area contributed by atoms with E-state index in [-0.39, 0.29) is 17.9 Å². The van der Waals surface area contributed by atoms with Crippen molar-refractivity contribution in [3.8, 4) is 0 Å². The molecule has 18 heavy (non-hydrogen) atoms. The molecule has 1 aromatic rings. The number of hydrogen-bond acceptors (Lipinski definition) is 4. The van der Waals surface area contributed by atoms with Crippen molar-refractivity contribution in [3.05, 3.63) is 22.7 Å². The maximum Gasteiger partial charge on any atom is 0.311 e. The number of aryl methyl sites for hydroxylation is 1. The molecule has 0 bridgehead atoms. The molecular formula is C12H19N3O3. The van der Waals surface area contributed by atoms with Crippen LogP contribution in [0.15, 0.2) is 17.2 Å². The van der Waals surface area contributed by atoms with Crippen LogP contribution in [0.1, 0.15) is 27.2 Å². The van der Waals surface area contributed by atoms with E-state index >= 15 is 0 Å². The molecule has 1 heterocycles. The molecule has 0 aliphatic rings. The van der Waals surface area contributed by atoms with Gasteiger partial charge in [0.15, 0.2) is 5.82 Å². The predicted molar refractivity (Wildman–Crippen MR) is 68.7 cm³/mol. The highest BCUT2D eigenvalue weighted by atomic mass is 16.4. The maximum atomic E-state index is 11.9. The fourth-order valence-electron chi connectivity index (χ4n) is 1.45. The van der Waals surface area contributed by atoms with Gasteiger partial charge in [0.1, 0.15) is 0 Å². The fraction of sp³-hybridized carbons (Fsp3) is 0.583. The van der Waals surface area contributed by atoms with Crippen LogP contribution in [0.25, 0.3) is 0 Å². The van der Waals surface area contributed by atoms with Gasteiger partial charge in [-0.15, -0.1) is 0 Å². The van der Waals surface area contributed by atoms with Crippen molar-refractivity contribution in [2.45, 2.75) is 33.7 Å². The summed E-state index contributed by atoms with van der Waals surface area (Å²) in [4.78, 5) is 26.9. The molecule has 0 aliphatic carbocycles. The second-order valence-electron chi connectivity index (χ2n) is 4.44. The van der Waals surface area contributed by atoms with E-state index < -0.39 is 11.4 Å². The van der Waals surface area contributed by atoms with Crippen LogP contribution in [0.5, 0.6) is 0 Å². The molecule has 0 saturated heterocycles. The molecule has 0 aromatic carbocycles. The van der Waals surface area contributed by atoms with Crippen molar-refractivity contribution in [1.82, 2.24) is 9.55 Å². The molecule has 1 rings (SSSR count). The Morgan fingerprint density at radius 3 is 2.72 bits per heavy atom. The standard InChI is InChI=1S/C12H19N3O3/c1-4-12(3,11(17)18)8-14-9-10(16)15(5-2)7-6-13-9/h6-7H,4-5,8H2,1-3H3,(H,13,14)(H,17,18). The summed E-state index contributed by atoms with van der Waals surface area (Å²) in [6, 6.07) is 0. The van der Waals surface area contributed by atoms with Gasteiger partial charge in [0.05, 0.1) is 5.41 Å². The summed E-state index contributed by atoms with van der Waals surface area (Å²) < 4.78 is 1.51. The van der Waals surface area contributed by atoms with Gasteiger partial charge in [-0.2, -0.15) is 0 Å². The number of carboxylic acids is 1. The zero-order valence-electron chi connectivity index (χ0n) is 10.9. The van der Waals surface area contributed by atoms with Crippen LogP contribution in [0.2, 0.25) is 0 Å². The molecule has 0 spiro atoms. The van der Waals surface area contributed by atoms with Crippen LogP contribution in [0.3, 0.4) is 0 Å². The Labute approximate surface area is 106 Å². The average Bonchev–Trinajstić information content (AvgIpc) is 2.37. The van der Waals surface area contributed by atoms with E-state index in [1.54, 1.807) is 20.0 Å². The maximum absolute atomic E-state index is 11.9. The lowest BCUT2D eigenvalue weighted by Gasteiger charge is -2.23. The van der Waals surface area contributed by atoms with E-state index in [0.29, 0.717) is 13.0 Å². The molecule has 2 N–H and O–H groups in total. The number of anilines is 1. The van der Waals surface area contributed by atoms with E-state index in [0.717, 1.165) is 0 Å². The first-order valence-electron chi connectivity index (χ1n) is 5.97. The number of aromatic nitrogens is 2. The molecule has 0 radical (unpaired) electrons. The first-order valence-corrected chi connectivity index (χ1v) is 5.97. The van der Waals surface area contributed by atoms with E-state index in [1.165, 1.54) is 10.8 Å². The van der Waals surface area contributed by atoms with Gasteiger partial charge in [0.25, 0.3) is 5.56 Å². The van der Waals surface area contributed by atoms with E-state index in [4.69, 9.17) is 5.11 Å². The minimum absolute atomic E-state index is 0.175. The molecular weight excluding hydrogens is 234 g/mol. The Kier molecular flexibility index (Phi) is 4.47. The smallest absolute Gasteiger partial charge is 0.311 e. The first kappa shape index (κ1) is 14.2. The highest BCUT2D eigenvalue weighted by Crippen LogP contribution is 2.21. The van der Waals surface area contributed by atoms with Crippen LogP contribution in [-0.4, -0.2) is 27.2 Å². The minimum atomic E-state index is -0.902. The average molecular weight is 253 g/mol. The van der Waals surface area contributed by atoms with E-state index in [9.17, 15) is 9.59 Å². The molecule has 0 amide bonds.